The first-order valence-electron chi connectivity index (χ1n) is 24.2. The SMILES string of the molecule is CC1OC(OC2C(CO)OC(OCC3OC(OC(=O)C45CCC6=C(CCC7C6(C)CCC6C(C)(C)C(O)CCC76C)C4(C)CC(C)(C)CC5)C(O)C(O)C3O)C(O)C2O)C(O)C(O)C1O. The Balaban J connectivity index is 0.981. The van der Waals surface area contributed by atoms with Crippen molar-refractivity contribution >= 4 is 5.97 Å². The molecule has 5 aliphatic carbocycles. The summed E-state index contributed by atoms with van der Waals surface area (Å²) in [5.41, 5.74) is 1.10. The Morgan fingerprint density at radius 2 is 1.28 bits per heavy atom. The van der Waals surface area contributed by atoms with Gasteiger partial charge in [-0.3, -0.25) is 4.79 Å². The largest absolute Gasteiger partial charge is 0.432 e. The van der Waals surface area contributed by atoms with Gasteiger partial charge in [0.15, 0.2) is 12.6 Å². The molecule has 8 aliphatic rings. The number of rotatable bonds is 8. The fraction of sp³-hybridized carbons (Fsp3) is 0.938. The molecule has 6 fully saturated rings. The van der Waals surface area contributed by atoms with Crippen LogP contribution in [0.3, 0.4) is 0 Å². The molecular formula is C48H78O17. The first-order valence-corrected chi connectivity index (χ1v) is 24.2. The molecule has 0 radical (unpaired) electrons. The van der Waals surface area contributed by atoms with Crippen LogP contribution in [0, 0.1) is 44.3 Å². The van der Waals surface area contributed by atoms with Crippen LogP contribution in [-0.4, -0.2) is 168 Å². The van der Waals surface area contributed by atoms with Gasteiger partial charge in [-0.25, -0.2) is 0 Å². The number of hydrogen-bond acceptors (Lipinski definition) is 17. The van der Waals surface area contributed by atoms with Gasteiger partial charge < -0.3 is 79.5 Å². The summed E-state index contributed by atoms with van der Waals surface area (Å²) < 4.78 is 34.8. The molecule has 0 aromatic heterocycles. The number of fused-ring (bicyclic) bond motifs is 6. The highest BCUT2D eigenvalue weighted by molar-refractivity contribution is 5.80. The lowest BCUT2D eigenvalue weighted by Crippen LogP contribution is -2.65. The van der Waals surface area contributed by atoms with Crippen LogP contribution in [0.25, 0.3) is 0 Å². The zero-order valence-corrected chi connectivity index (χ0v) is 39.4. The number of hydrogen-bond donors (Lipinski definition) is 10. The summed E-state index contributed by atoms with van der Waals surface area (Å²) in [5, 5.41) is 108. The zero-order chi connectivity index (χ0) is 47.6. The quantitative estimate of drug-likeness (QED) is 0.121. The molecule has 3 aliphatic heterocycles. The number of allylic oxidation sites excluding steroid dienone is 2. The normalized spacial score (nSPS) is 53.0. The monoisotopic (exact) mass is 927 g/mol. The Morgan fingerprint density at radius 1 is 0.631 bits per heavy atom. The molecule has 0 aromatic carbocycles. The standard InChI is InChI=1S/C48H78O17/c1-22-30(51)32(53)35(56)40(61-22)64-38-25(19-49)62-39(37(58)34(38)55)60-20-26-31(52)33(54)36(57)41(63-26)65-42(59)48-16-11-23-24(47(48,8)21-43(2,3)17-18-48)9-10-28-45(23,6)14-12-27-44(4,5)29(50)13-15-46(27,28)7/h22,25-41,49-58H,9-21H2,1-8H3. The molecule has 3 saturated carbocycles. The molecule has 22 atom stereocenters. The van der Waals surface area contributed by atoms with Gasteiger partial charge >= 0.3 is 5.97 Å². The predicted octanol–water partition coefficient (Wildman–Crippen LogP) is 1.31. The summed E-state index contributed by atoms with van der Waals surface area (Å²) in [6.07, 6.45) is -15.2. The Labute approximate surface area is 382 Å². The molecule has 0 aromatic rings. The second-order valence-corrected chi connectivity index (χ2v) is 23.4. The van der Waals surface area contributed by atoms with Crippen molar-refractivity contribution in [2.24, 2.45) is 44.3 Å². The molecule has 17 nitrogen and oxygen atoms in total. The summed E-state index contributed by atoms with van der Waals surface area (Å²) in [5.74, 6) is 0.330. The van der Waals surface area contributed by atoms with E-state index in [4.69, 9.17) is 28.4 Å². The highest BCUT2D eigenvalue weighted by Gasteiger charge is 2.68. The van der Waals surface area contributed by atoms with E-state index in [0.29, 0.717) is 24.7 Å². The van der Waals surface area contributed by atoms with E-state index < -0.39 is 122 Å². The fourth-order valence-electron chi connectivity index (χ4n) is 15.2. The maximum absolute atomic E-state index is 15.1. The van der Waals surface area contributed by atoms with Crippen LogP contribution in [0.4, 0.5) is 0 Å². The maximum Gasteiger partial charge on any atom is 0.315 e. The molecular weight excluding hydrogens is 849 g/mol. The van der Waals surface area contributed by atoms with E-state index in [1.807, 2.05) is 0 Å². The minimum Gasteiger partial charge on any atom is -0.432 e. The summed E-state index contributed by atoms with van der Waals surface area (Å²) in [6.45, 7) is 16.2. The van der Waals surface area contributed by atoms with Crippen LogP contribution in [0.2, 0.25) is 0 Å². The van der Waals surface area contributed by atoms with Gasteiger partial charge in [0.25, 0.3) is 0 Å². The molecule has 22 unspecified atom stereocenters. The Bertz CT molecular complexity index is 1790. The van der Waals surface area contributed by atoms with Gasteiger partial charge in [0.2, 0.25) is 6.29 Å². The number of aliphatic hydroxyl groups excluding tert-OH is 10. The van der Waals surface area contributed by atoms with Crippen molar-refractivity contribution in [1.82, 2.24) is 0 Å². The van der Waals surface area contributed by atoms with E-state index in [1.54, 1.807) is 0 Å². The van der Waals surface area contributed by atoms with Gasteiger partial charge in [-0.15, -0.1) is 0 Å². The van der Waals surface area contributed by atoms with E-state index in [9.17, 15) is 51.1 Å². The van der Waals surface area contributed by atoms with Crippen LogP contribution in [-0.2, 0) is 33.2 Å². The van der Waals surface area contributed by atoms with Crippen molar-refractivity contribution in [3.05, 3.63) is 11.1 Å². The maximum atomic E-state index is 15.1. The van der Waals surface area contributed by atoms with Crippen molar-refractivity contribution in [3.8, 4) is 0 Å². The molecule has 10 N–H and O–H groups in total. The summed E-state index contributed by atoms with van der Waals surface area (Å²) in [6, 6.07) is 0. The topological polar surface area (TPSA) is 275 Å². The van der Waals surface area contributed by atoms with E-state index >= 15 is 4.79 Å². The van der Waals surface area contributed by atoms with Crippen molar-refractivity contribution in [1.29, 1.82) is 0 Å². The van der Waals surface area contributed by atoms with Gasteiger partial charge in [0.1, 0.15) is 67.1 Å². The van der Waals surface area contributed by atoms with Gasteiger partial charge in [-0.05, 0) is 111 Å². The van der Waals surface area contributed by atoms with Crippen LogP contribution in [0.1, 0.15) is 126 Å². The molecule has 3 saturated heterocycles. The van der Waals surface area contributed by atoms with E-state index in [1.165, 1.54) is 18.1 Å². The average Bonchev–Trinajstić information content (AvgIpc) is 3.24. The number of carbonyl (C=O) groups is 1. The van der Waals surface area contributed by atoms with Gasteiger partial charge in [-0.2, -0.15) is 0 Å². The van der Waals surface area contributed by atoms with Gasteiger partial charge in [0, 0.05) is 5.41 Å². The van der Waals surface area contributed by atoms with Crippen molar-refractivity contribution in [2.75, 3.05) is 13.2 Å². The number of ether oxygens (including phenoxy) is 6. The number of aliphatic hydroxyl groups is 10. The predicted molar refractivity (Wildman–Crippen MR) is 229 cm³/mol. The zero-order valence-electron chi connectivity index (χ0n) is 39.4. The lowest BCUT2D eigenvalue weighted by molar-refractivity contribution is -0.361. The second-order valence-electron chi connectivity index (χ2n) is 23.4. The lowest BCUT2D eigenvalue weighted by atomic mass is 9.36. The van der Waals surface area contributed by atoms with Crippen molar-refractivity contribution in [2.45, 2.75) is 224 Å². The van der Waals surface area contributed by atoms with E-state index in [-0.39, 0.29) is 27.8 Å². The molecule has 65 heavy (non-hydrogen) atoms. The average molecular weight is 927 g/mol. The minimum absolute atomic E-state index is 0.0517. The molecule has 0 spiro atoms. The summed E-state index contributed by atoms with van der Waals surface area (Å²) in [7, 11) is 0. The third-order valence-electron chi connectivity index (χ3n) is 19.0. The molecule has 0 amide bonds. The molecule has 3 heterocycles. The van der Waals surface area contributed by atoms with Crippen LogP contribution in [0.15, 0.2) is 11.1 Å². The Kier molecular flexibility index (Phi) is 13.4. The summed E-state index contributed by atoms with van der Waals surface area (Å²) >= 11 is 0. The first kappa shape index (κ1) is 50.0. The molecule has 17 heteroatoms. The van der Waals surface area contributed by atoms with Crippen LogP contribution < -0.4 is 0 Å². The Morgan fingerprint density at radius 3 is 1.97 bits per heavy atom. The van der Waals surface area contributed by atoms with E-state index in [2.05, 4.69) is 48.5 Å². The van der Waals surface area contributed by atoms with Crippen LogP contribution in [0.5, 0.6) is 0 Å². The lowest BCUT2D eigenvalue weighted by Gasteiger charge is -2.68. The summed E-state index contributed by atoms with van der Waals surface area (Å²) in [4.78, 5) is 15.1. The molecule has 372 valence electrons. The number of esters is 1. The minimum atomic E-state index is -1.84. The van der Waals surface area contributed by atoms with Crippen molar-refractivity contribution in [3.63, 3.8) is 0 Å². The first-order chi connectivity index (χ1) is 30.3. The molecule has 8 rings (SSSR count). The fourth-order valence-corrected chi connectivity index (χ4v) is 15.2. The van der Waals surface area contributed by atoms with Crippen LogP contribution >= 0.6 is 0 Å². The molecule has 0 bridgehead atoms. The highest BCUT2D eigenvalue weighted by atomic mass is 16.8. The highest BCUT2D eigenvalue weighted by Crippen LogP contribution is 2.74. The number of carbonyl (C=O) groups excluding carboxylic acids is 1. The smallest absolute Gasteiger partial charge is 0.315 e. The van der Waals surface area contributed by atoms with Gasteiger partial charge in [-0.1, -0.05) is 59.6 Å². The van der Waals surface area contributed by atoms with E-state index in [0.717, 1.165) is 57.8 Å². The van der Waals surface area contributed by atoms with Crippen molar-refractivity contribution < 1.29 is 84.3 Å². The second kappa shape index (κ2) is 17.5. The third-order valence-corrected chi connectivity index (χ3v) is 19.0. The van der Waals surface area contributed by atoms with Gasteiger partial charge in [0.05, 0.1) is 30.8 Å². The Hall–Kier alpha value is -1.39. The third kappa shape index (κ3) is 7.90.